The van der Waals surface area contributed by atoms with Crippen molar-refractivity contribution in [1.29, 1.82) is 0 Å². The molecule has 0 aliphatic carbocycles. The first-order chi connectivity index (χ1) is 15.4. The van der Waals surface area contributed by atoms with Gasteiger partial charge >= 0.3 is 0 Å². The van der Waals surface area contributed by atoms with Gasteiger partial charge in [-0.05, 0) is 55.7 Å². The van der Waals surface area contributed by atoms with E-state index in [-0.39, 0.29) is 11.7 Å². The molecular formula is C24H23ClN4O2S. The number of aryl methyl sites for hydroxylation is 3. The number of nitrogens with zero attached hydrogens (tertiary/aromatic N) is 3. The summed E-state index contributed by atoms with van der Waals surface area (Å²) in [5.74, 6) is 0.558. The van der Waals surface area contributed by atoms with Crippen LogP contribution in [-0.2, 0) is 4.79 Å². The van der Waals surface area contributed by atoms with E-state index in [0.717, 1.165) is 27.4 Å². The predicted octanol–water partition coefficient (Wildman–Crippen LogP) is 5.71. The van der Waals surface area contributed by atoms with E-state index in [0.29, 0.717) is 16.5 Å². The number of carbonyl (C=O) groups excluding carboxylic acids is 1. The maximum atomic E-state index is 12.6. The number of fused-ring (bicyclic) bond motifs is 1. The van der Waals surface area contributed by atoms with Crippen LogP contribution in [0.15, 0.2) is 53.8 Å². The molecule has 0 radical (unpaired) electrons. The van der Waals surface area contributed by atoms with Crippen molar-refractivity contribution in [1.82, 2.24) is 14.6 Å². The van der Waals surface area contributed by atoms with Crippen molar-refractivity contribution >= 4 is 40.5 Å². The van der Waals surface area contributed by atoms with E-state index < -0.39 is 0 Å². The number of carbonyl (C=O) groups is 1. The molecule has 6 nitrogen and oxygen atoms in total. The second-order valence-electron chi connectivity index (χ2n) is 7.53. The van der Waals surface area contributed by atoms with Gasteiger partial charge in [0.2, 0.25) is 5.91 Å². The molecule has 0 fully saturated rings. The number of hydrogen-bond acceptors (Lipinski definition) is 5. The molecule has 0 spiro atoms. The van der Waals surface area contributed by atoms with Crippen LogP contribution < -0.4 is 10.1 Å². The fraction of sp³-hybridized carbons (Fsp3) is 0.208. The molecule has 0 saturated heterocycles. The Hall–Kier alpha value is -3.03. The first-order valence-corrected chi connectivity index (χ1v) is 11.4. The zero-order chi connectivity index (χ0) is 22.8. The minimum Gasteiger partial charge on any atom is -0.495 e. The van der Waals surface area contributed by atoms with Gasteiger partial charge in [-0.15, -0.1) is 0 Å². The van der Waals surface area contributed by atoms with Crippen LogP contribution in [0.25, 0.3) is 16.8 Å². The lowest BCUT2D eigenvalue weighted by Gasteiger charge is -2.12. The summed E-state index contributed by atoms with van der Waals surface area (Å²) in [5, 5.41) is 8.91. The van der Waals surface area contributed by atoms with Crippen LogP contribution in [0.4, 0.5) is 5.69 Å². The van der Waals surface area contributed by atoms with Crippen LogP contribution >= 0.6 is 23.4 Å². The average Bonchev–Trinajstić information content (AvgIpc) is 3.21. The molecule has 1 N–H and O–H groups in total. The Bertz CT molecular complexity index is 1320. The highest BCUT2D eigenvalue weighted by atomic mass is 35.5. The van der Waals surface area contributed by atoms with Gasteiger partial charge in [-0.3, -0.25) is 4.79 Å². The molecule has 2 aromatic carbocycles. The predicted molar refractivity (Wildman–Crippen MR) is 130 cm³/mol. The molecule has 0 saturated carbocycles. The van der Waals surface area contributed by atoms with Crippen molar-refractivity contribution in [3.05, 3.63) is 70.5 Å². The molecule has 0 unspecified atom stereocenters. The van der Waals surface area contributed by atoms with Crippen LogP contribution in [0.5, 0.6) is 5.75 Å². The summed E-state index contributed by atoms with van der Waals surface area (Å²) in [6.07, 6.45) is 3.50. The fourth-order valence-corrected chi connectivity index (χ4v) is 4.23. The molecule has 4 aromatic rings. The van der Waals surface area contributed by atoms with E-state index in [1.165, 1.54) is 22.9 Å². The van der Waals surface area contributed by atoms with Crippen LogP contribution in [-0.4, -0.2) is 33.4 Å². The van der Waals surface area contributed by atoms with Crippen molar-refractivity contribution < 1.29 is 9.53 Å². The van der Waals surface area contributed by atoms with Gasteiger partial charge in [0.1, 0.15) is 10.8 Å². The molecule has 1 amide bonds. The number of thioether (sulfide) groups is 1. The van der Waals surface area contributed by atoms with Gasteiger partial charge in [-0.25, -0.2) is 9.50 Å². The summed E-state index contributed by atoms with van der Waals surface area (Å²) >= 11 is 7.51. The third kappa shape index (κ3) is 4.59. The van der Waals surface area contributed by atoms with Crippen molar-refractivity contribution in [2.75, 3.05) is 18.2 Å². The molecule has 8 heteroatoms. The third-order valence-electron chi connectivity index (χ3n) is 5.25. The van der Waals surface area contributed by atoms with Gasteiger partial charge in [0.15, 0.2) is 0 Å². The van der Waals surface area contributed by atoms with Gasteiger partial charge < -0.3 is 10.1 Å². The monoisotopic (exact) mass is 466 g/mol. The molecule has 164 valence electrons. The molecule has 2 aromatic heterocycles. The number of nitrogens with one attached hydrogen (secondary N) is 1. The highest BCUT2D eigenvalue weighted by Crippen LogP contribution is 2.32. The summed E-state index contributed by atoms with van der Waals surface area (Å²) in [4.78, 5) is 17.1. The minimum atomic E-state index is -0.160. The van der Waals surface area contributed by atoms with Gasteiger partial charge in [0.25, 0.3) is 0 Å². The Kier molecular flexibility index (Phi) is 6.39. The SMILES string of the molecule is COc1cc(Cl)c(C)cc1NC(=O)CSc1nccn2nc(-c3ccc(C)c(C)c3)cc12. The van der Waals surface area contributed by atoms with Crippen LogP contribution in [0.1, 0.15) is 16.7 Å². The van der Waals surface area contributed by atoms with Crippen molar-refractivity contribution in [3.63, 3.8) is 0 Å². The molecule has 32 heavy (non-hydrogen) atoms. The second kappa shape index (κ2) is 9.22. The zero-order valence-corrected chi connectivity index (χ0v) is 19.8. The Morgan fingerprint density at radius 1 is 1.12 bits per heavy atom. The largest absolute Gasteiger partial charge is 0.495 e. The summed E-state index contributed by atoms with van der Waals surface area (Å²) in [5.41, 5.74) is 6.70. The number of rotatable bonds is 6. The number of hydrogen-bond donors (Lipinski definition) is 1. The normalized spacial score (nSPS) is 11.0. The Labute approximate surface area is 196 Å². The molecule has 0 atom stereocenters. The zero-order valence-electron chi connectivity index (χ0n) is 18.3. The second-order valence-corrected chi connectivity index (χ2v) is 8.90. The Morgan fingerprint density at radius 3 is 2.69 bits per heavy atom. The minimum absolute atomic E-state index is 0.160. The maximum absolute atomic E-state index is 12.6. The molecule has 0 aliphatic heterocycles. The number of aromatic nitrogens is 3. The van der Waals surface area contributed by atoms with Crippen molar-refractivity contribution in [2.45, 2.75) is 25.8 Å². The molecular weight excluding hydrogens is 444 g/mol. The number of benzene rings is 2. The standard InChI is InChI=1S/C24H23ClN4O2S/c1-14-5-6-17(9-15(14)2)19-12-21-24(26-7-8-29(21)28-19)32-13-23(30)27-20-10-16(3)18(25)11-22(20)31-4/h5-12H,13H2,1-4H3,(H,27,30). The van der Waals surface area contributed by atoms with E-state index in [4.69, 9.17) is 16.3 Å². The summed E-state index contributed by atoms with van der Waals surface area (Å²) in [6, 6.07) is 11.8. The van der Waals surface area contributed by atoms with Gasteiger partial charge in [-0.2, -0.15) is 5.10 Å². The van der Waals surface area contributed by atoms with Gasteiger partial charge in [0, 0.05) is 29.0 Å². The van der Waals surface area contributed by atoms with Crippen LogP contribution in [0.2, 0.25) is 5.02 Å². The lowest BCUT2D eigenvalue weighted by Crippen LogP contribution is -2.15. The number of halogens is 1. The Balaban J connectivity index is 1.52. The quantitative estimate of drug-likeness (QED) is 0.368. The van der Waals surface area contributed by atoms with Crippen molar-refractivity contribution in [3.8, 4) is 17.0 Å². The summed E-state index contributed by atoms with van der Waals surface area (Å²) in [7, 11) is 1.54. The fourth-order valence-electron chi connectivity index (χ4n) is 3.30. The lowest BCUT2D eigenvalue weighted by atomic mass is 10.0. The Morgan fingerprint density at radius 2 is 1.94 bits per heavy atom. The topological polar surface area (TPSA) is 68.5 Å². The van der Waals surface area contributed by atoms with Gasteiger partial charge in [0.05, 0.1) is 29.8 Å². The molecule has 0 aliphatic rings. The first-order valence-electron chi connectivity index (χ1n) is 10.0. The highest BCUT2D eigenvalue weighted by molar-refractivity contribution is 8.00. The smallest absolute Gasteiger partial charge is 0.234 e. The first kappa shape index (κ1) is 22.2. The van der Waals surface area contributed by atoms with E-state index in [9.17, 15) is 4.79 Å². The molecule has 0 bridgehead atoms. The highest BCUT2D eigenvalue weighted by Gasteiger charge is 2.14. The number of methoxy groups -OCH3 is 1. The average molecular weight is 467 g/mol. The number of anilines is 1. The lowest BCUT2D eigenvalue weighted by molar-refractivity contribution is -0.113. The maximum Gasteiger partial charge on any atom is 0.234 e. The summed E-state index contributed by atoms with van der Waals surface area (Å²) in [6.45, 7) is 6.06. The van der Waals surface area contributed by atoms with E-state index in [1.54, 1.807) is 30.0 Å². The van der Waals surface area contributed by atoms with E-state index >= 15 is 0 Å². The van der Waals surface area contributed by atoms with Crippen LogP contribution in [0.3, 0.4) is 0 Å². The van der Waals surface area contributed by atoms with E-state index in [2.05, 4.69) is 47.4 Å². The molecule has 4 rings (SSSR count). The van der Waals surface area contributed by atoms with Crippen molar-refractivity contribution in [2.24, 2.45) is 0 Å². The summed E-state index contributed by atoms with van der Waals surface area (Å²) < 4.78 is 7.13. The molecule has 2 heterocycles. The van der Waals surface area contributed by atoms with Crippen LogP contribution in [0, 0.1) is 20.8 Å². The van der Waals surface area contributed by atoms with Gasteiger partial charge in [-0.1, -0.05) is 35.5 Å². The third-order valence-corrected chi connectivity index (χ3v) is 6.65. The number of ether oxygens (including phenoxy) is 1. The van der Waals surface area contributed by atoms with E-state index in [1.807, 2.05) is 19.2 Å². The number of amides is 1.